The molecule has 0 aromatic rings. The van der Waals surface area contributed by atoms with E-state index in [9.17, 15) is 4.79 Å². The lowest BCUT2D eigenvalue weighted by Gasteiger charge is -2.01. The average molecular weight is 454 g/mol. The number of carbonyl (C=O) groups is 1. The smallest absolute Gasteiger partial charge is 0.173 e. The first kappa shape index (κ1) is 43.9. The number of ketones is 1. The monoisotopic (exact) mass is 453 g/mol. The molecule has 0 bridgehead atoms. The fourth-order valence-electron chi connectivity index (χ4n) is 1.72. The number of nitrogens with zero attached hydrogens (tertiary/aromatic N) is 3. The normalized spacial score (nSPS) is 13.7. The summed E-state index contributed by atoms with van der Waals surface area (Å²) in [5.41, 5.74) is 2.06. The van der Waals surface area contributed by atoms with Crippen LogP contribution in [0.2, 0.25) is 0 Å². The standard InChI is InChI=1S/C6H9N.C5H7NO.C5H7N.6C2H6/c1-6-4-2-3-5-7-6;7-5-2-1-3-6-4-5;1-5-3-2-4-6-5;6*1-2/h5H,1-4H2;4H,1-3H2;4H,1-3H2;6*1-2H3. The van der Waals surface area contributed by atoms with Crippen LogP contribution < -0.4 is 0 Å². The zero-order chi connectivity index (χ0) is 26.6. The molecule has 0 atom stereocenters. The van der Waals surface area contributed by atoms with Gasteiger partial charge in [0.1, 0.15) is 0 Å². The first-order valence-corrected chi connectivity index (χ1v) is 13.1. The Labute approximate surface area is 203 Å². The second kappa shape index (κ2) is 51.6. The van der Waals surface area contributed by atoms with Crippen molar-refractivity contribution < 1.29 is 4.79 Å². The van der Waals surface area contributed by atoms with E-state index < -0.39 is 0 Å². The third kappa shape index (κ3) is 46.4. The highest BCUT2D eigenvalue weighted by atomic mass is 16.1. The van der Waals surface area contributed by atoms with Crippen LogP contribution in [-0.2, 0) is 4.79 Å². The summed E-state index contributed by atoms with van der Waals surface area (Å²) in [7, 11) is 0. The molecule has 3 aliphatic heterocycles. The average Bonchev–Trinajstić information content (AvgIpc) is 3.39. The van der Waals surface area contributed by atoms with Crippen molar-refractivity contribution in [2.75, 3.05) is 6.54 Å². The molecule has 3 rings (SSSR count). The third-order valence-corrected chi connectivity index (χ3v) is 2.85. The van der Waals surface area contributed by atoms with Gasteiger partial charge in [0.05, 0.1) is 6.21 Å². The van der Waals surface area contributed by atoms with Crippen molar-refractivity contribution >= 4 is 24.4 Å². The van der Waals surface area contributed by atoms with E-state index in [1.165, 1.54) is 12.6 Å². The van der Waals surface area contributed by atoms with Crippen LogP contribution in [0.4, 0.5) is 0 Å². The maximum absolute atomic E-state index is 10.3. The van der Waals surface area contributed by atoms with E-state index >= 15 is 0 Å². The van der Waals surface area contributed by atoms with Crippen molar-refractivity contribution in [2.45, 2.75) is 128 Å². The zero-order valence-corrected chi connectivity index (χ0v) is 24.1. The summed E-state index contributed by atoms with van der Waals surface area (Å²) < 4.78 is 0. The number of rotatable bonds is 0. The maximum Gasteiger partial charge on any atom is 0.173 e. The van der Waals surface area contributed by atoms with Crippen molar-refractivity contribution in [3.63, 3.8) is 0 Å². The number of aliphatic imine (C=N–C) groups is 3. The highest BCUT2D eigenvalue weighted by Gasteiger charge is 1.99. The molecule has 0 aromatic carbocycles. The van der Waals surface area contributed by atoms with E-state index in [4.69, 9.17) is 0 Å². The highest BCUT2D eigenvalue weighted by molar-refractivity contribution is 6.27. The Kier molecular flexibility index (Phi) is 70.9. The number of allylic oxidation sites excluding steroid dienone is 2. The van der Waals surface area contributed by atoms with Crippen molar-refractivity contribution in [1.82, 2.24) is 0 Å². The lowest BCUT2D eigenvalue weighted by atomic mass is 10.2. The van der Waals surface area contributed by atoms with Gasteiger partial charge >= 0.3 is 0 Å². The van der Waals surface area contributed by atoms with Gasteiger partial charge in [-0.05, 0) is 38.5 Å². The summed E-state index contributed by atoms with van der Waals surface area (Å²) in [5, 5.41) is 0. The molecule has 4 nitrogen and oxygen atoms in total. The Morgan fingerprint density at radius 1 is 0.625 bits per heavy atom. The minimum Gasteiger partial charge on any atom is -0.293 e. The van der Waals surface area contributed by atoms with Crippen LogP contribution in [0.15, 0.2) is 39.5 Å². The predicted molar refractivity (Wildman–Crippen MR) is 154 cm³/mol. The summed E-state index contributed by atoms with van der Waals surface area (Å²) >= 11 is 0. The lowest BCUT2D eigenvalue weighted by Crippen LogP contribution is -2.05. The Hall–Kier alpha value is -1.84. The third-order valence-electron chi connectivity index (χ3n) is 2.85. The predicted octanol–water partition coefficient (Wildman–Crippen LogP) is 9.70. The van der Waals surface area contributed by atoms with Crippen molar-refractivity contribution in [1.29, 1.82) is 0 Å². The molecular formula is C28H59N3O. The van der Waals surface area contributed by atoms with Gasteiger partial charge in [-0.3, -0.25) is 19.8 Å². The molecule has 0 radical (unpaired) electrons. The molecule has 3 aliphatic rings. The van der Waals surface area contributed by atoms with Crippen LogP contribution in [-0.4, -0.2) is 31.0 Å². The molecule has 0 saturated heterocycles. The van der Waals surface area contributed by atoms with Crippen molar-refractivity contribution in [3.05, 3.63) is 24.6 Å². The second-order valence-electron chi connectivity index (χ2n) is 4.79. The molecule has 3 heterocycles. The van der Waals surface area contributed by atoms with Crippen LogP contribution in [0.1, 0.15) is 128 Å². The van der Waals surface area contributed by atoms with Crippen LogP contribution in [0.5, 0.6) is 0 Å². The summed E-state index contributed by atoms with van der Waals surface area (Å²) in [6.45, 7) is 32.2. The molecule has 32 heavy (non-hydrogen) atoms. The molecule has 0 spiro atoms. The molecule has 4 heteroatoms. The van der Waals surface area contributed by atoms with Crippen molar-refractivity contribution in [2.24, 2.45) is 15.0 Å². The molecule has 0 saturated carbocycles. The number of hydrogen-bond donors (Lipinski definition) is 0. The Morgan fingerprint density at radius 2 is 1.06 bits per heavy atom. The molecule has 0 aliphatic carbocycles. The molecule has 0 aromatic heterocycles. The van der Waals surface area contributed by atoms with Crippen LogP contribution in [0.3, 0.4) is 0 Å². The van der Waals surface area contributed by atoms with Gasteiger partial charge in [-0.25, -0.2) is 0 Å². The van der Waals surface area contributed by atoms with Gasteiger partial charge in [0.2, 0.25) is 0 Å². The minimum absolute atomic E-state index is 0.172. The number of Topliss-reactive ketones (excluding diaryl/α,β-unsaturated/α-hetero) is 1. The van der Waals surface area contributed by atoms with Crippen LogP contribution in [0, 0.1) is 0 Å². The summed E-state index contributed by atoms with van der Waals surface area (Å²) in [6, 6.07) is 0. The first-order chi connectivity index (χ1) is 15.7. The van der Waals surface area contributed by atoms with E-state index in [-0.39, 0.29) is 5.78 Å². The molecule has 0 unspecified atom stereocenters. The van der Waals surface area contributed by atoms with E-state index in [1.807, 2.05) is 95.5 Å². The first-order valence-electron chi connectivity index (χ1n) is 13.1. The molecule has 0 fully saturated rings. The van der Waals surface area contributed by atoms with E-state index in [1.54, 1.807) is 0 Å². The molecular weight excluding hydrogens is 394 g/mol. The second-order valence-corrected chi connectivity index (χ2v) is 4.79. The topological polar surface area (TPSA) is 54.1 Å². The lowest BCUT2D eigenvalue weighted by molar-refractivity contribution is -0.112. The van der Waals surface area contributed by atoms with Gasteiger partial charge in [-0.2, -0.15) is 0 Å². The van der Waals surface area contributed by atoms with Gasteiger partial charge in [-0.1, -0.05) is 96.2 Å². The maximum atomic E-state index is 10.3. The summed E-state index contributed by atoms with van der Waals surface area (Å²) in [6.07, 6.45) is 12.5. The van der Waals surface area contributed by atoms with Crippen molar-refractivity contribution in [3.8, 4) is 0 Å². The molecule has 192 valence electrons. The van der Waals surface area contributed by atoms with E-state index in [0.717, 1.165) is 50.0 Å². The van der Waals surface area contributed by atoms with E-state index in [2.05, 4.69) is 28.1 Å². The summed E-state index contributed by atoms with van der Waals surface area (Å²) in [4.78, 5) is 22.0. The van der Waals surface area contributed by atoms with Gasteiger partial charge < -0.3 is 0 Å². The molecule has 0 amide bonds. The van der Waals surface area contributed by atoms with E-state index in [0.29, 0.717) is 6.42 Å². The highest BCUT2D eigenvalue weighted by Crippen LogP contribution is 2.09. The Morgan fingerprint density at radius 3 is 1.22 bits per heavy atom. The van der Waals surface area contributed by atoms with Crippen LogP contribution in [0.25, 0.3) is 0 Å². The minimum atomic E-state index is 0.172. The van der Waals surface area contributed by atoms with Gasteiger partial charge in [0, 0.05) is 36.8 Å². The SMILES string of the molecule is C=C1CCC=N1.C=C1CCCC=N1.CC.CC.CC.CC.CC.CC.O=C1C=NCCC1. The Bertz CT molecular complexity index is 408. The number of hydrogen-bond acceptors (Lipinski definition) is 4. The largest absolute Gasteiger partial charge is 0.293 e. The fourth-order valence-corrected chi connectivity index (χ4v) is 1.72. The van der Waals surface area contributed by atoms with Gasteiger partial charge in [0.25, 0.3) is 0 Å². The van der Waals surface area contributed by atoms with Crippen LogP contribution >= 0.6 is 0 Å². The van der Waals surface area contributed by atoms with Gasteiger partial charge in [-0.15, -0.1) is 0 Å². The number of carbonyl (C=O) groups excluding carboxylic acids is 1. The summed E-state index contributed by atoms with van der Waals surface area (Å²) in [5.74, 6) is 0.172. The fraction of sp³-hybridized carbons (Fsp3) is 0.714. The molecule has 0 N–H and O–H groups in total. The quantitative estimate of drug-likeness (QED) is 0.360. The zero-order valence-electron chi connectivity index (χ0n) is 24.1. The van der Waals surface area contributed by atoms with Gasteiger partial charge in [0.15, 0.2) is 5.78 Å². The Balaban J connectivity index is -0.0000000644.